The second-order valence-corrected chi connectivity index (χ2v) is 8.34. The van der Waals surface area contributed by atoms with Crippen LogP contribution < -0.4 is 9.47 Å². The molecule has 0 saturated carbocycles. The first-order valence-electron chi connectivity index (χ1n) is 9.63. The van der Waals surface area contributed by atoms with Crippen LogP contribution in [-0.4, -0.2) is 19.1 Å². The lowest BCUT2D eigenvalue weighted by Gasteiger charge is -2.23. The van der Waals surface area contributed by atoms with E-state index >= 15 is 0 Å². The summed E-state index contributed by atoms with van der Waals surface area (Å²) in [7, 11) is 3.35. The van der Waals surface area contributed by atoms with E-state index in [4.69, 9.17) is 9.47 Å². The topological polar surface area (TPSA) is 21.7 Å². The van der Waals surface area contributed by atoms with E-state index in [0.29, 0.717) is 5.92 Å². The van der Waals surface area contributed by atoms with Crippen molar-refractivity contribution in [2.45, 2.75) is 39.4 Å². The molecule has 0 atom stereocenters. The maximum Gasteiger partial charge on any atom is 0.161 e. The molecule has 148 valence electrons. The standard InChI is InChI=1S/C24H29NO2S/c1-18(2)21-10-7-19(8-11-21)15-25(17-22-6-5-13-28-22)16-20-9-12-23(26-3)24(14-20)27-4/h5-14,18H,15-17H2,1-4H3. The summed E-state index contributed by atoms with van der Waals surface area (Å²) in [5.41, 5.74) is 3.93. The molecule has 3 nitrogen and oxygen atoms in total. The van der Waals surface area contributed by atoms with Crippen LogP contribution in [0.3, 0.4) is 0 Å². The van der Waals surface area contributed by atoms with Gasteiger partial charge in [-0.2, -0.15) is 0 Å². The highest BCUT2D eigenvalue weighted by Gasteiger charge is 2.12. The van der Waals surface area contributed by atoms with E-state index in [1.54, 1.807) is 25.6 Å². The number of rotatable bonds is 9. The molecular weight excluding hydrogens is 366 g/mol. The third-order valence-corrected chi connectivity index (χ3v) is 5.73. The molecule has 0 saturated heterocycles. The average Bonchev–Trinajstić information content (AvgIpc) is 3.21. The minimum absolute atomic E-state index is 0.558. The zero-order valence-corrected chi connectivity index (χ0v) is 18.0. The molecule has 0 aliphatic carbocycles. The molecule has 0 fully saturated rings. The number of benzene rings is 2. The SMILES string of the molecule is COc1ccc(CN(Cc2ccc(C(C)C)cc2)Cc2cccs2)cc1OC. The maximum absolute atomic E-state index is 5.48. The van der Waals surface area contributed by atoms with E-state index in [0.717, 1.165) is 31.1 Å². The Morgan fingerprint density at radius 1 is 0.821 bits per heavy atom. The Morgan fingerprint density at radius 2 is 1.50 bits per heavy atom. The fourth-order valence-corrected chi connectivity index (χ4v) is 4.04. The predicted octanol–water partition coefficient (Wildman–Crippen LogP) is 6.09. The Labute approximate surface area is 172 Å². The molecule has 0 N–H and O–H groups in total. The molecule has 0 aliphatic heterocycles. The summed E-state index contributed by atoms with van der Waals surface area (Å²) in [4.78, 5) is 3.84. The maximum atomic E-state index is 5.48. The Balaban J connectivity index is 1.78. The molecule has 0 bridgehead atoms. The molecule has 0 unspecified atom stereocenters. The van der Waals surface area contributed by atoms with Crippen LogP contribution in [0.15, 0.2) is 60.0 Å². The molecule has 0 spiro atoms. The smallest absolute Gasteiger partial charge is 0.161 e. The molecule has 3 rings (SSSR count). The molecule has 0 amide bonds. The molecule has 0 aliphatic rings. The van der Waals surface area contributed by atoms with Crippen molar-refractivity contribution in [1.82, 2.24) is 4.90 Å². The molecule has 1 aromatic heterocycles. The Morgan fingerprint density at radius 3 is 2.11 bits per heavy atom. The minimum atomic E-state index is 0.558. The molecular formula is C24H29NO2S. The van der Waals surface area contributed by atoms with Crippen molar-refractivity contribution in [2.75, 3.05) is 14.2 Å². The predicted molar refractivity (Wildman–Crippen MR) is 117 cm³/mol. The van der Waals surface area contributed by atoms with Gasteiger partial charge in [-0.25, -0.2) is 0 Å². The van der Waals surface area contributed by atoms with Crippen LogP contribution in [0.25, 0.3) is 0 Å². The van der Waals surface area contributed by atoms with Gasteiger partial charge < -0.3 is 9.47 Å². The van der Waals surface area contributed by atoms with Crippen LogP contribution in [0, 0.1) is 0 Å². The summed E-state index contributed by atoms with van der Waals surface area (Å²) in [5.74, 6) is 2.10. The van der Waals surface area contributed by atoms with Crippen molar-refractivity contribution in [1.29, 1.82) is 0 Å². The van der Waals surface area contributed by atoms with Crippen molar-refractivity contribution in [2.24, 2.45) is 0 Å². The van der Waals surface area contributed by atoms with Gasteiger partial charge in [-0.15, -0.1) is 11.3 Å². The van der Waals surface area contributed by atoms with Crippen molar-refractivity contribution in [3.05, 3.63) is 81.5 Å². The van der Waals surface area contributed by atoms with Gasteiger partial charge in [0.1, 0.15) is 0 Å². The molecule has 4 heteroatoms. The largest absolute Gasteiger partial charge is 0.493 e. The zero-order valence-electron chi connectivity index (χ0n) is 17.1. The summed E-state index contributed by atoms with van der Waals surface area (Å²) in [6.07, 6.45) is 0. The number of ether oxygens (including phenoxy) is 2. The first-order chi connectivity index (χ1) is 13.6. The van der Waals surface area contributed by atoms with Gasteiger partial charge in [-0.3, -0.25) is 4.90 Å². The minimum Gasteiger partial charge on any atom is -0.493 e. The number of hydrogen-bond donors (Lipinski definition) is 0. The summed E-state index contributed by atoms with van der Waals surface area (Å²) in [6, 6.07) is 19.5. The first kappa shape index (κ1) is 20.4. The number of hydrogen-bond acceptors (Lipinski definition) is 4. The normalized spacial score (nSPS) is 11.2. The molecule has 2 aromatic carbocycles. The highest BCUT2D eigenvalue weighted by Crippen LogP contribution is 2.29. The fourth-order valence-electron chi connectivity index (χ4n) is 3.29. The van der Waals surface area contributed by atoms with Gasteiger partial charge >= 0.3 is 0 Å². The third kappa shape index (κ3) is 5.37. The highest BCUT2D eigenvalue weighted by atomic mass is 32.1. The van der Waals surface area contributed by atoms with Gasteiger partial charge in [-0.1, -0.05) is 50.2 Å². The lowest BCUT2D eigenvalue weighted by molar-refractivity contribution is 0.249. The van der Waals surface area contributed by atoms with Crippen LogP contribution in [-0.2, 0) is 19.6 Å². The van der Waals surface area contributed by atoms with Gasteiger partial charge in [0.05, 0.1) is 14.2 Å². The summed E-state index contributed by atoms with van der Waals surface area (Å²) >= 11 is 1.81. The Hall–Kier alpha value is -2.30. The van der Waals surface area contributed by atoms with E-state index in [1.807, 2.05) is 6.07 Å². The first-order valence-corrected chi connectivity index (χ1v) is 10.5. The van der Waals surface area contributed by atoms with Gasteiger partial charge in [0.25, 0.3) is 0 Å². The number of nitrogens with zero attached hydrogens (tertiary/aromatic N) is 1. The monoisotopic (exact) mass is 395 g/mol. The quantitative estimate of drug-likeness (QED) is 0.437. The lowest BCUT2D eigenvalue weighted by Crippen LogP contribution is -2.22. The van der Waals surface area contributed by atoms with Crippen molar-refractivity contribution >= 4 is 11.3 Å². The number of methoxy groups -OCH3 is 2. The van der Waals surface area contributed by atoms with Crippen LogP contribution in [0.2, 0.25) is 0 Å². The van der Waals surface area contributed by atoms with Crippen molar-refractivity contribution < 1.29 is 9.47 Å². The van der Waals surface area contributed by atoms with Crippen LogP contribution in [0.5, 0.6) is 11.5 Å². The second-order valence-electron chi connectivity index (χ2n) is 7.31. The van der Waals surface area contributed by atoms with Crippen LogP contribution >= 0.6 is 11.3 Å². The zero-order chi connectivity index (χ0) is 19.9. The van der Waals surface area contributed by atoms with E-state index in [2.05, 4.69) is 72.7 Å². The summed E-state index contributed by atoms with van der Waals surface area (Å²) < 4.78 is 10.8. The summed E-state index contributed by atoms with van der Waals surface area (Å²) in [5, 5.41) is 2.14. The average molecular weight is 396 g/mol. The van der Waals surface area contributed by atoms with Gasteiger partial charge in [-0.05, 0) is 46.2 Å². The van der Waals surface area contributed by atoms with Crippen LogP contribution in [0.4, 0.5) is 0 Å². The Bertz CT molecular complexity index is 857. The summed E-state index contributed by atoms with van der Waals surface area (Å²) in [6.45, 7) is 7.15. The van der Waals surface area contributed by atoms with Crippen LogP contribution in [0.1, 0.15) is 41.3 Å². The molecule has 1 heterocycles. The van der Waals surface area contributed by atoms with Crippen molar-refractivity contribution in [3.8, 4) is 11.5 Å². The van der Waals surface area contributed by atoms with E-state index < -0.39 is 0 Å². The van der Waals surface area contributed by atoms with Crippen molar-refractivity contribution in [3.63, 3.8) is 0 Å². The Kier molecular flexibility index (Phi) is 7.12. The second kappa shape index (κ2) is 9.76. The van der Waals surface area contributed by atoms with E-state index in [1.165, 1.54) is 21.6 Å². The van der Waals surface area contributed by atoms with E-state index in [9.17, 15) is 0 Å². The van der Waals surface area contributed by atoms with Gasteiger partial charge in [0.2, 0.25) is 0 Å². The number of thiophene rings is 1. The molecule has 0 radical (unpaired) electrons. The van der Waals surface area contributed by atoms with Gasteiger partial charge in [0.15, 0.2) is 11.5 Å². The third-order valence-electron chi connectivity index (χ3n) is 4.87. The van der Waals surface area contributed by atoms with Gasteiger partial charge in [0, 0.05) is 24.5 Å². The highest BCUT2D eigenvalue weighted by molar-refractivity contribution is 7.09. The molecule has 28 heavy (non-hydrogen) atoms. The van der Waals surface area contributed by atoms with E-state index in [-0.39, 0.29) is 0 Å². The fraction of sp³-hybridized carbons (Fsp3) is 0.333. The molecule has 3 aromatic rings. The lowest BCUT2D eigenvalue weighted by atomic mass is 10.0.